The summed E-state index contributed by atoms with van der Waals surface area (Å²) in [5.41, 5.74) is 3.41. The highest BCUT2D eigenvalue weighted by Crippen LogP contribution is 2.28. The molecule has 0 bridgehead atoms. The predicted molar refractivity (Wildman–Crippen MR) is 139 cm³/mol. The van der Waals surface area contributed by atoms with Gasteiger partial charge in [-0.05, 0) is 43.2 Å². The summed E-state index contributed by atoms with van der Waals surface area (Å²) >= 11 is 1.36. The van der Waals surface area contributed by atoms with E-state index in [0.29, 0.717) is 40.5 Å². The standard InChI is InChI=1S/C27H25N5O2S/c1-3-23(24(33)28-17-19-9-5-4-6-10-19)35-27-30-29-26-31(20-15-13-18(2)14-16-20)25(34)21-11-7-8-12-22(21)32(26)27/h4-16,23H,3,17H2,1-2H3,(H,28,33). The van der Waals surface area contributed by atoms with Crippen molar-refractivity contribution in [1.29, 1.82) is 0 Å². The number of hydrogen-bond donors (Lipinski definition) is 1. The van der Waals surface area contributed by atoms with Gasteiger partial charge in [-0.1, -0.05) is 78.8 Å². The third kappa shape index (κ3) is 4.44. The Morgan fingerprint density at radius 2 is 1.69 bits per heavy atom. The van der Waals surface area contributed by atoms with Gasteiger partial charge >= 0.3 is 0 Å². The predicted octanol–water partition coefficient (Wildman–Crippen LogP) is 4.53. The van der Waals surface area contributed by atoms with Crippen LogP contribution in [-0.4, -0.2) is 30.3 Å². The molecule has 0 aliphatic carbocycles. The summed E-state index contributed by atoms with van der Waals surface area (Å²) in [5, 5.41) is 12.6. The average Bonchev–Trinajstić information content (AvgIpc) is 3.31. The Kier molecular flexibility index (Phi) is 6.37. The molecule has 3 aromatic carbocycles. The summed E-state index contributed by atoms with van der Waals surface area (Å²) in [5.74, 6) is 0.355. The van der Waals surface area contributed by atoms with Gasteiger partial charge in [0.15, 0.2) is 5.16 Å². The summed E-state index contributed by atoms with van der Waals surface area (Å²) in [6, 6.07) is 25.0. The molecule has 8 heteroatoms. The van der Waals surface area contributed by atoms with Gasteiger partial charge in [-0.25, -0.2) is 4.57 Å². The second kappa shape index (κ2) is 9.76. The quantitative estimate of drug-likeness (QED) is 0.344. The topological polar surface area (TPSA) is 81.3 Å². The maximum absolute atomic E-state index is 13.5. The van der Waals surface area contributed by atoms with Crippen molar-refractivity contribution in [1.82, 2.24) is 24.5 Å². The van der Waals surface area contributed by atoms with Gasteiger partial charge in [0.1, 0.15) is 0 Å². The first kappa shape index (κ1) is 22.9. The zero-order valence-corrected chi connectivity index (χ0v) is 20.3. The molecular weight excluding hydrogens is 458 g/mol. The van der Waals surface area contributed by atoms with E-state index in [-0.39, 0.29) is 16.7 Å². The van der Waals surface area contributed by atoms with Gasteiger partial charge in [-0.2, -0.15) is 0 Å². The molecule has 0 fully saturated rings. The van der Waals surface area contributed by atoms with E-state index in [0.717, 1.165) is 11.1 Å². The molecule has 0 aliphatic heterocycles. The van der Waals surface area contributed by atoms with Crippen molar-refractivity contribution >= 4 is 34.3 Å². The summed E-state index contributed by atoms with van der Waals surface area (Å²) in [6.45, 7) is 4.44. The third-order valence-electron chi connectivity index (χ3n) is 5.91. The van der Waals surface area contributed by atoms with E-state index in [9.17, 15) is 9.59 Å². The molecule has 1 unspecified atom stereocenters. The van der Waals surface area contributed by atoms with Gasteiger partial charge in [0, 0.05) is 6.54 Å². The number of hydrogen-bond acceptors (Lipinski definition) is 5. The fourth-order valence-electron chi connectivity index (χ4n) is 4.03. The van der Waals surface area contributed by atoms with Crippen LogP contribution in [0.5, 0.6) is 0 Å². The lowest BCUT2D eigenvalue weighted by molar-refractivity contribution is -0.120. The van der Waals surface area contributed by atoms with Gasteiger partial charge in [-0.3, -0.25) is 14.0 Å². The molecule has 176 valence electrons. The van der Waals surface area contributed by atoms with Crippen LogP contribution in [0.25, 0.3) is 22.4 Å². The van der Waals surface area contributed by atoms with Crippen molar-refractivity contribution in [3.05, 3.63) is 100 Å². The van der Waals surface area contributed by atoms with Crippen molar-refractivity contribution in [2.24, 2.45) is 0 Å². The molecule has 0 spiro atoms. The lowest BCUT2D eigenvalue weighted by atomic mass is 10.2. The number of aryl methyl sites for hydroxylation is 1. The number of amides is 1. The van der Waals surface area contributed by atoms with Crippen LogP contribution in [0, 0.1) is 6.92 Å². The SMILES string of the molecule is CCC(Sc1nnc2n(-c3ccc(C)cc3)c(=O)c3ccccc3n12)C(=O)NCc1ccccc1. The van der Waals surface area contributed by atoms with Crippen LogP contribution in [0.3, 0.4) is 0 Å². The Labute approximate surface area is 206 Å². The number of carbonyl (C=O) groups excluding carboxylic acids is 1. The molecular formula is C27H25N5O2S. The Hall–Kier alpha value is -3.91. The molecule has 1 N–H and O–H groups in total. The number of para-hydroxylation sites is 1. The number of carbonyl (C=O) groups is 1. The van der Waals surface area contributed by atoms with Gasteiger partial charge in [0.05, 0.1) is 21.8 Å². The smallest absolute Gasteiger partial charge is 0.267 e. The lowest BCUT2D eigenvalue weighted by Crippen LogP contribution is -2.32. The molecule has 0 saturated carbocycles. The van der Waals surface area contributed by atoms with Crippen molar-refractivity contribution in [2.75, 3.05) is 0 Å². The zero-order valence-electron chi connectivity index (χ0n) is 19.5. The van der Waals surface area contributed by atoms with E-state index >= 15 is 0 Å². The van der Waals surface area contributed by atoms with Crippen molar-refractivity contribution < 1.29 is 4.79 Å². The first-order chi connectivity index (χ1) is 17.1. The highest BCUT2D eigenvalue weighted by atomic mass is 32.2. The Balaban J connectivity index is 1.55. The van der Waals surface area contributed by atoms with Crippen LogP contribution in [-0.2, 0) is 11.3 Å². The monoisotopic (exact) mass is 483 g/mol. The molecule has 35 heavy (non-hydrogen) atoms. The number of rotatable bonds is 7. The first-order valence-corrected chi connectivity index (χ1v) is 12.4. The van der Waals surface area contributed by atoms with E-state index in [2.05, 4.69) is 15.5 Å². The maximum atomic E-state index is 13.5. The van der Waals surface area contributed by atoms with Crippen molar-refractivity contribution in [3.63, 3.8) is 0 Å². The number of aromatic nitrogens is 4. The molecule has 7 nitrogen and oxygen atoms in total. The summed E-state index contributed by atoms with van der Waals surface area (Å²) < 4.78 is 3.45. The minimum Gasteiger partial charge on any atom is -0.351 e. The van der Waals surface area contributed by atoms with Crippen LogP contribution in [0.15, 0.2) is 88.8 Å². The third-order valence-corrected chi connectivity index (χ3v) is 7.21. The first-order valence-electron chi connectivity index (χ1n) is 11.5. The largest absolute Gasteiger partial charge is 0.351 e. The lowest BCUT2D eigenvalue weighted by Gasteiger charge is -2.15. The number of benzene rings is 3. The van der Waals surface area contributed by atoms with Gasteiger partial charge in [0.25, 0.3) is 5.56 Å². The minimum absolute atomic E-state index is 0.0609. The van der Waals surface area contributed by atoms with Crippen molar-refractivity contribution in [3.8, 4) is 5.69 Å². The molecule has 5 rings (SSSR count). The second-order valence-corrected chi connectivity index (χ2v) is 9.50. The Bertz CT molecular complexity index is 1560. The van der Waals surface area contributed by atoms with Crippen molar-refractivity contribution in [2.45, 2.75) is 37.2 Å². The van der Waals surface area contributed by atoms with Crippen LogP contribution < -0.4 is 10.9 Å². The average molecular weight is 484 g/mol. The molecule has 2 heterocycles. The van der Waals surface area contributed by atoms with Crippen LogP contribution in [0.2, 0.25) is 0 Å². The molecule has 0 saturated heterocycles. The van der Waals surface area contributed by atoms with E-state index in [1.54, 1.807) is 10.6 Å². The van der Waals surface area contributed by atoms with E-state index in [1.807, 2.05) is 91.0 Å². The normalized spacial score (nSPS) is 12.2. The fourth-order valence-corrected chi connectivity index (χ4v) is 5.01. The molecule has 0 radical (unpaired) electrons. The summed E-state index contributed by atoms with van der Waals surface area (Å²) in [4.78, 5) is 26.5. The Morgan fingerprint density at radius 1 is 0.971 bits per heavy atom. The molecule has 1 amide bonds. The molecule has 0 aliphatic rings. The van der Waals surface area contributed by atoms with Gasteiger partial charge < -0.3 is 5.32 Å². The fraction of sp³-hybridized carbons (Fsp3) is 0.185. The number of thioether (sulfide) groups is 1. The molecule has 5 aromatic rings. The summed E-state index contributed by atoms with van der Waals surface area (Å²) in [7, 11) is 0. The summed E-state index contributed by atoms with van der Waals surface area (Å²) in [6.07, 6.45) is 0.621. The van der Waals surface area contributed by atoms with E-state index in [1.165, 1.54) is 11.8 Å². The molecule has 1 atom stereocenters. The number of nitrogens with one attached hydrogen (secondary N) is 1. The zero-order chi connectivity index (χ0) is 24.4. The van der Waals surface area contributed by atoms with E-state index in [4.69, 9.17) is 0 Å². The van der Waals surface area contributed by atoms with Gasteiger partial charge in [-0.15, -0.1) is 10.2 Å². The van der Waals surface area contributed by atoms with Crippen LogP contribution in [0.1, 0.15) is 24.5 Å². The minimum atomic E-state index is -0.357. The van der Waals surface area contributed by atoms with E-state index < -0.39 is 0 Å². The molecule has 2 aromatic heterocycles. The highest BCUT2D eigenvalue weighted by molar-refractivity contribution is 8.00. The van der Waals surface area contributed by atoms with Gasteiger partial charge in [0.2, 0.25) is 11.7 Å². The number of nitrogens with zero attached hydrogens (tertiary/aromatic N) is 4. The highest BCUT2D eigenvalue weighted by Gasteiger charge is 2.23. The van der Waals surface area contributed by atoms with Crippen LogP contribution in [0.4, 0.5) is 0 Å². The Morgan fingerprint density at radius 3 is 2.43 bits per heavy atom. The van der Waals surface area contributed by atoms with Crippen LogP contribution >= 0.6 is 11.8 Å². The maximum Gasteiger partial charge on any atom is 0.267 e. The number of fused-ring (bicyclic) bond motifs is 3. The second-order valence-electron chi connectivity index (χ2n) is 8.33.